The van der Waals surface area contributed by atoms with E-state index in [9.17, 15) is 9.59 Å². The smallest absolute Gasteiger partial charge is 0.163 e. The highest BCUT2D eigenvalue weighted by atomic mass is 16.5. The van der Waals surface area contributed by atoms with Crippen molar-refractivity contribution < 1.29 is 14.3 Å². The van der Waals surface area contributed by atoms with Crippen LogP contribution in [0.4, 0.5) is 0 Å². The van der Waals surface area contributed by atoms with Crippen LogP contribution in [0, 0.1) is 0 Å². The van der Waals surface area contributed by atoms with Crippen LogP contribution in [0.25, 0.3) is 0 Å². The predicted octanol–water partition coefficient (Wildman–Crippen LogP) is 4.43. The third-order valence-corrected chi connectivity index (χ3v) is 5.40. The van der Waals surface area contributed by atoms with Crippen molar-refractivity contribution in [2.45, 2.75) is 32.1 Å². The second kappa shape index (κ2) is 10.0. The maximum atomic E-state index is 12.5. The number of Topliss-reactive ketones (excluding diaryl/α,β-unsaturated/α-hetero) is 2. The number of hydrogen-bond donors (Lipinski definition) is 0. The third-order valence-electron chi connectivity index (χ3n) is 5.40. The van der Waals surface area contributed by atoms with E-state index in [2.05, 4.69) is 9.80 Å². The molecule has 0 N–H and O–H groups in total. The fourth-order valence-electron chi connectivity index (χ4n) is 3.66. The molecule has 5 nitrogen and oxygen atoms in total. The molecule has 2 aromatic carbocycles. The zero-order valence-electron chi connectivity index (χ0n) is 18.5. The Bertz CT molecular complexity index is 845. The van der Waals surface area contributed by atoms with E-state index >= 15 is 0 Å². The fraction of sp³-hybridized carbons (Fsp3) is 0.440. The first-order chi connectivity index (χ1) is 14.3. The monoisotopic (exact) mass is 408 g/mol. The lowest BCUT2D eigenvalue weighted by atomic mass is 9.95. The molecule has 0 amide bonds. The Kier molecular flexibility index (Phi) is 7.40. The van der Waals surface area contributed by atoms with Gasteiger partial charge in [-0.2, -0.15) is 0 Å². The first-order valence-electron chi connectivity index (χ1n) is 10.6. The minimum atomic E-state index is 0.138. The predicted molar refractivity (Wildman–Crippen MR) is 120 cm³/mol. The van der Waals surface area contributed by atoms with E-state index in [0.717, 1.165) is 55.0 Å². The van der Waals surface area contributed by atoms with E-state index in [1.54, 1.807) is 0 Å². The average molecular weight is 409 g/mol. The summed E-state index contributed by atoms with van der Waals surface area (Å²) in [6.45, 7) is 1.79. The van der Waals surface area contributed by atoms with Crippen molar-refractivity contribution in [2.75, 3.05) is 41.3 Å². The molecule has 1 heterocycles. The van der Waals surface area contributed by atoms with Gasteiger partial charge in [0.15, 0.2) is 11.6 Å². The number of hydrogen-bond acceptors (Lipinski definition) is 5. The first kappa shape index (κ1) is 22.2. The lowest BCUT2D eigenvalue weighted by Gasteiger charge is -2.21. The molecular formula is C25H32N2O3. The fourth-order valence-corrected chi connectivity index (χ4v) is 3.66. The molecule has 0 radical (unpaired) electrons. The number of benzene rings is 2. The normalized spacial score (nSPS) is 12.5. The van der Waals surface area contributed by atoms with Crippen molar-refractivity contribution >= 4 is 11.6 Å². The molecule has 0 saturated carbocycles. The van der Waals surface area contributed by atoms with Gasteiger partial charge in [-0.3, -0.25) is 9.59 Å². The van der Waals surface area contributed by atoms with Crippen molar-refractivity contribution in [3.8, 4) is 11.5 Å². The second-order valence-electron chi connectivity index (χ2n) is 8.58. The van der Waals surface area contributed by atoms with Crippen LogP contribution in [-0.2, 0) is 6.42 Å². The maximum absolute atomic E-state index is 12.5. The van der Waals surface area contributed by atoms with Gasteiger partial charge in [0.05, 0.1) is 0 Å². The molecule has 1 aliphatic rings. The lowest BCUT2D eigenvalue weighted by molar-refractivity contribution is 0.0969. The van der Waals surface area contributed by atoms with Crippen LogP contribution < -0.4 is 4.74 Å². The Labute approximate surface area is 179 Å². The summed E-state index contributed by atoms with van der Waals surface area (Å²) in [5.41, 5.74) is 3.51. The number of ether oxygens (including phenoxy) is 1. The van der Waals surface area contributed by atoms with Gasteiger partial charge in [-0.15, -0.1) is 0 Å². The Morgan fingerprint density at radius 2 is 1.20 bits per heavy atom. The molecule has 2 aromatic rings. The van der Waals surface area contributed by atoms with Crippen molar-refractivity contribution in [3.05, 3.63) is 58.7 Å². The van der Waals surface area contributed by atoms with Crippen LogP contribution in [0.15, 0.2) is 36.4 Å². The van der Waals surface area contributed by atoms with Gasteiger partial charge in [0.2, 0.25) is 0 Å². The van der Waals surface area contributed by atoms with Gasteiger partial charge in [0.1, 0.15) is 11.5 Å². The van der Waals surface area contributed by atoms with E-state index in [1.165, 1.54) is 0 Å². The van der Waals surface area contributed by atoms with E-state index < -0.39 is 0 Å². The number of nitrogens with zero attached hydrogens (tertiary/aromatic N) is 2. The Balaban J connectivity index is 1.69. The third kappa shape index (κ3) is 5.77. The highest BCUT2D eigenvalue weighted by Crippen LogP contribution is 2.38. The van der Waals surface area contributed by atoms with E-state index in [4.69, 9.17) is 4.74 Å². The summed E-state index contributed by atoms with van der Waals surface area (Å²) in [6.07, 6.45) is 3.48. The van der Waals surface area contributed by atoms with Crippen LogP contribution in [0.3, 0.4) is 0 Å². The molecule has 30 heavy (non-hydrogen) atoms. The molecule has 160 valence electrons. The molecule has 0 saturated heterocycles. The van der Waals surface area contributed by atoms with Gasteiger partial charge in [0, 0.05) is 30.4 Å². The van der Waals surface area contributed by atoms with Crippen molar-refractivity contribution in [2.24, 2.45) is 0 Å². The minimum absolute atomic E-state index is 0.138. The molecule has 0 spiro atoms. The summed E-state index contributed by atoms with van der Waals surface area (Å²) >= 11 is 0. The van der Waals surface area contributed by atoms with Gasteiger partial charge in [0.25, 0.3) is 0 Å². The van der Waals surface area contributed by atoms with Gasteiger partial charge in [-0.1, -0.05) is 24.3 Å². The Morgan fingerprint density at radius 3 is 1.60 bits per heavy atom. The maximum Gasteiger partial charge on any atom is 0.163 e. The molecule has 0 atom stereocenters. The molecule has 0 fully saturated rings. The largest absolute Gasteiger partial charge is 0.457 e. The Morgan fingerprint density at radius 1 is 0.767 bits per heavy atom. The lowest BCUT2D eigenvalue weighted by Crippen LogP contribution is -2.14. The first-order valence-corrected chi connectivity index (χ1v) is 10.6. The minimum Gasteiger partial charge on any atom is -0.457 e. The van der Waals surface area contributed by atoms with E-state index in [1.807, 2.05) is 64.6 Å². The quantitative estimate of drug-likeness (QED) is 0.465. The SMILES string of the molecule is CN(C)CCCC(=O)c1ccc2c(c1)Oc1cc(C(=O)CCCN(C)C)ccc1C2. The van der Waals surface area contributed by atoms with Crippen LogP contribution in [0.1, 0.15) is 57.5 Å². The topological polar surface area (TPSA) is 49.9 Å². The zero-order chi connectivity index (χ0) is 21.7. The van der Waals surface area contributed by atoms with Crippen LogP contribution >= 0.6 is 0 Å². The molecular weight excluding hydrogens is 376 g/mol. The Hall–Kier alpha value is -2.50. The van der Waals surface area contributed by atoms with Crippen molar-refractivity contribution in [1.29, 1.82) is 0 Å². The van der Waals surface area contributed by atoms with Crippen molar-refractivity contribution in [3.63, 3.8) is 0 Å². The van der Waals surface area contributed by atoms with E-state index in [0.29, 0.717) is 24.0 Å². The average Bonchev–Trinajstić information content (AvgIpc) is 2.70. The van der Waals surface area contributed by atoms with Crippen LogP contribution in [-0.4, -0.2) is 62.6 Å². The molecule has 0 aromatic heterocycles. The van der Waals surface area contributed by atoms with Gasteiger partial charge < -0.3 is 14.5 Å². The highest BCUT2D eigenvalue weighted by Gasteiger charge is 2.20. The van der Waals surface area contributed by atoms with Gasteiger partial charge >= 0.3 is 0 Å². The molecule has 0 unspecified atom stereocenters. The highest BCUT2D eigenvalue weighted by molar-refractivity contribution is 5.97. The van der Waals surface area contributed by atoms with Crippen LogP contribution in [0.5, 0.6) is 11.5 Å². The number of carbonyl (C=O) groups excluding carboxylic acids is 2. The van der Waals surface area contributed by atoms with E-state index in [-0.39, 0.29) is 11.6 Å². The molecule has 3 rings (SSSR count). The van der Waals surface area contributed by atoms with Crippen LogP contribution in [0.2, 0.25) is 0 Å². The standard InChI is InChI=1S/C25H32N2O3/c1-26(2)13-5-7-22(28)18-9-11-20-15-21-12-10-19(17-25(21)30-24(20)16-18)23(29)8-6-14-27(3)4/h9-12,16-17H,5-8,13-15H2,1-4H3. The van der Waals surface area contributed by atoms with Gasteiger partial charge in [-0.05, 0) is 77.4 Å². The summed E-state index contributed by atoms with van der Waals surface area (Å²) in [5.74, 6) is 1.72. The second-order valence-corrected chi connectivity index (χ2v) is 8.58. The summed E-state index contributed by atoms with van der Waals surface area (Å²) in [7, 11) is 8.04. The number of fused-ring (bicyclic) bond motifs is 2. The van der Waals surface area contributed by atoms with Gasteiger partial charge in [-0.25, -0.2) is 0 Å². The molecule has 0 bridgehead atoms. The molecule has 1 aliphatic heterocycles. The molecule has 5 heteroatoms. The zero-order valence-corrected chi connectivity index (χ0v) is 18.5. The molecule has 0 aliphatic carbocycles. The number of rotatable bonds is 10. The summed E-state index contributed by atoms with van der Waals surface area (Å²) in [6, 6.07) is 11.5. The number of ketones is 2. The number of carbonyl (C=O) groups is 2. The summed E-state index contributed by atoms with van der Waals surface area (Å²) in [5, 5.41) is 0. The van der Waals surface area contributed by atoms with Crippen molar-refractivity contribution in [1.82, 2.24) is 9.80 Å². The summed E-state index contributed by atoms with van der Waals surface area (Å²) in [4.78, 5) is 29.2. The summed E-state index contributed by atoms with van der Waals surface area (Å²) < 4.78 is 6.12.